The molecular formula is C20H22N2O4. The number of aliphatic hydroxyl groups is 2. The molecule has 2 aromatic carbocycles. The molecule has 136 valence electrons. The Labute approximate surface area is 152 Å². The van der Waals surface area contributed by atoms with Crippen LogP contribution >= 0.6 is 0 Å². The van der Waals surface area contributed by atoms with Gasteiger partial charge in [-0.25, -0.2) is 0 Å². The molecular weight excluding hydrogens is 332 g/mol. The van der Waals surface area contributed by atoms with Gasteiger partial charge in [0.15, 0.2) is 12.2 Å². The number of nitrogens with zero attached hydrogens (tertiary/aromatic N) is 2. The van der Waals surface area contributed by atoms with E-state index < -0.39 is 24.0 Å². The third-order valence-corrected chi connectivity index (χ3v) is 4.50. The molecule has 3 rings (SSSR count). The van der Waals surface area contributed by atoms with E-state index in [0.29, 0.717) is 13.1 Å². The number of rotatable bonds is 4. The van der Waals surface area contributed by atoms with Crippen molar-refractivity contribution in [3.8, 4) is 0 Å². The van der Waals surface area contributed by atoms with E-state index >= 15 is 0 Å². The van der Waals surface area contributed by atoms with Crippen molar-refractivity contribution in [2.75, 3.05) is 13.1 Å². The summed E-state index contributed by atoms with van der Waals surface area (Å²) in [7, 11) is 0. The number of carbonyl (C=O) groups is 2. The number of hydrogen-bond acceptors (Lipinski definition) is 4. The quantitative estimate of drug-likeness (QED) is 0.850. The van der Waals surface area contributed by atoms with E-state index in [1.807, 2.05) is 60.7 Å². The molecule has 1 fully saturated rings. The lowest BCUT2D eigenvalue weighted by molar-refractivity contribution is -0.162. The molecule has 2 atom stereocenters. The van der Waals surface area contributed by atoms with Crippen LogP contribution in [0.15, 0.2) is 60.7 Å². The highest BCUT2D eigenvalue weighted by Gasteiger charge is 2.38. The maximum absolute atomic E-state index is 12.5. The van der Waals surface area contributed by atoms with E-state index in [-0.39, 0.29) is 13.1 Å². The van der Waals surface area contributed by atoms with Gasteiger partial charge in [0.1, 0.15) is 0 Å². The van der Waals surface area contributed by atoms with Gasteiger partial charge in [0.25, 0.3) is 11.8 Å². The zero-order valence-electron chi connectivity index (χ0n) is 14.4. The molecule has 1 saturated heterocycles. The lowest BCUT2D eigenvalue weighted by atomic mass is 10.1. The zero-order chi connectivity index (χ0) is 18.5. The fourth-order valence-electron chi connectivity index (χ4n) is 3.03. The lowest BCUT2D eigenvalue weighted by Gasteiger charge is -2.35. The Balaban J connectivity index is 1.78. The molecule has 0 aromatic heterocycles. The van der Waals surface area contributed by atoms with Gasteiger partial charge in [-0.2, -0.15) is 0 Å². The lowest BCUT2D eigenvalue weighted by Crippen LogP contribution is -2.56. The fourth-order valence-corrected chi connectivity index (χ4v) is 3.03. The monoisotopic (exact) mass is 354 g/mol. The summed E-state index contributed by atoms with van der Waals surface area (Å²) in [6.45, 7) is 1.21. The van der Waals surface area contributed by atoms with Crippen LogP contribution < -0.4 is 0 Å². The summed E-state index contributed by atoms with van der Waals surface area (Å²) in [6.07, 6.45) is -3.52. The molecule has 0 saturated carbocycles. The van der Waals surface area contributed by atoms with Crippen molar-refractivity contribution in [3.05, 3.63) is 71.8 Å². The van der Waals surface area contributed by atoms with E-state index in [4.69, 9.17) is 0 Å². The van der Waals surface area contributed by atoms with Crippen molar-refractivity contribution in [1.29, 1.82) is 0 Å². The first-order valence-electron chi connectivity index (χ1n) is 8.58. The standard InChI is InChI=1S/C20H22N2O4/c23-17-18(24)20(26)22(14-16-9-5-2-6-10-16)12-11-21(19(17)25)13-15-7-3-1-4-8-15/h1-10,17-18,23-24H,11-14H2/t17-,18-/m0/s1. The Morgan fingerprint density at radius 3 is 1.38 bits per heavy atom. The van der Waals surface area contributed by atoms with Crippen molar-refractivity contribution >= 4 is 11.8 Å². The van der Waals surface area contributed by atoms with Crippen LogP contribution in [0.5, 0.6) is 0 Å². The number of carbonyl (C=O) groups excluding carboxylic acids is 2. The van der Waals surface area contributed by atoms with Crippen molar-refractivity contribution < 1.29 is 19.8 Å². The van der Waals surface area contributed by atoms with Crippen molar-refractivity contribution in [2.24, 2.45) is 0 Å². The predicted molar refractivity (Wildman–Crippen MR) is 95.7 cm³/mol. The highest BCUT2D eigenvalue weighted by molar-refractivity contribution is 5.91. The summed E-state index contributed by atoms with van der Waals surface area (Å²) < 4.78 is 0. The van der Waals surface area contributed by atoms with Crippen LogP contribution in [0, 0.1) is 0 Å². The second-order valence-electron chi connectivity index (χ2n) is 6.38. The molecule has 1 aliphatic heterocycles. The Morgan fingerprint density at radius 2 is 1.04 bits per heavy atom. The van der Waals surface area contributed by atoms with Crippen LogP contribution in [0.25, 0.3) is 0 Å². The van der Waals surface area contributed by atoms with Crippen molar-refractivity contribution in [2.45, 2.75) is 25.3 Å². The highest BCUT2D eigenvalue weighted by atomic mass is 16.3. The van der Waals surface area contributed by atoms with Crippen LogP contribution in [0.3, 0.4) is 0 Å². The molecule has 0 bridgehead atoms. The summed E-state index contributed by atoms with van der Waals surface area (Å²) in [5.41, 5.74) is 1.84. The van der Waals surface area contributed by atoms with E-state index in [0.717, 1.165) is 11.1 Å². The molecule has 6 nitrogen and oxygen atoms in total. The third kappa shape index (κ3) is 4.09. The van der Waals surface area contributed by atoms with Crippen LogP contribution in [0.4, 0.5) is 0 Å². The minimum absolute atomic E-state index is 0.288. The summed E-state index contributed by atoms with van der Waals surface area (Å²) in [4.78, 5) is 27.9. The molecule has 2 aromatic rings. The first-order chi connectivity index (χ1) is 12.6. The molecule has 2 amide bonds. The number of benzene rings is 2. The van der Waals surface area contributed by atoms with Crippen LogP contribution in [-0.2, 0) is 22.7 Å². The predicted octanol–water partition coefficient (Wildman–Crippen LogP) is 0.779. The highest BCUT2D eigenvalue weighted by Crippen LogP contribution is 2.15. The SMILES string of the molecule is O=C1[C@@H](O)[C@H](O)C(=O)N(Cc2ccccc2)CCN1Cc1ccccc1. The van der Waals surface area contributed by atoms with Crippen LogP contribution in [-0.4, -0.2) is 57.1 Å². The van der Waals surface area contributed by atoms with E-state index in [1.165, 1.54) is 9.80 Å². The molecule has 1 aliphatic rings. The Bertz CT molecular complexity index is 685. The average molecular weight is 354 g/mol. The van der Waals surface area contributed by atoms with Gasteiger partial charge >= 0.3 is 0 Å². The van der Waals surface area contributed by atoms with Gasteiger partial charge < -0.3 is 20.0 Å². The first kappa shape index (κ1) is 18.1. The number of amides is 2. The van der Waals surface area contributed by atoms with E-state index in [1.54, 1.807) is 0 Å². The van der Waals surface area contributed by atoms with E-state index in [9.17, 15) is 19.8 Å². The maximum atomic E-state index is 12.5. The van der Waals surface area contributed by atoms with E-state index in [2.05, 4.69) is 0 Å². The smallest absolute Gasteiger partial charge is 0.255 e. The molecule has 0 spiro atoms. The number of aliphatic hydroxyl groups excluding tert-OH is 2. The minimum atomic E-state index is -1.76. The van der Waals surface area contributed by atoms with Gasteiger partial charge in [0.2, 0.25) is 0 Å². The van der Waals surface area contributed by atoms with Gasteiger partial charge in [-0.1, -0.05) is 60.7 Å². The van der Waals surface area contributed by atoms with Gasteiger partial charge in [-0.3, -0.25) is 9.59 Å². The normalized spacial score (nSPS) is 21.5. The first-order valence-corrected chi connectivity index (χ1v) is 8.58. The second kappa shape index (κ2) is 8.12. The van der Waals surface area contributed by atoms with Gasteiger partial charge in [-0.05, 0) is 11.1 Å². The summed E-state index contributed by atoms with van der Waals surface area (Å²) in [6, 6.07) is 18.8. The topological polar surface area (TPSA) is 81.1 Å². The molecule has 0 radical (unpaired) electrons. The van der Waals surface area contributed by atoms with Crippen molar-refractivity contribution in [3.63, 3.8) is 0 Å². The molecule has 0 unspecified atom stereocenters. The Morgan fingerprint density at radius 1 is 0.692 bits per heavy atom. The average Bonchev–Trinajstić information content (AvgIpc) is 2.68. The minimum Gasteiger partial charge on any atom is -0.380 e. The maximum Gasteiger partial charge on any atom is 0.255 e. The molecule has 1 heterocycles. The largest absolute Gasteiger partial charge is 0.380 e. The van der Waals surface area contributed by atoms with Crippen LogP contribution in [0.2, 0.25) is 0 Å². The van der Waals surface area contributed by atoms with Crippen LogP contribution in [0.1, 0.15) is 11.1 Å². The second-order valence-corrected chi connectivity index (χ2v) is 6.38. The molecule has 0 aliphatic carbocycles. The van der Waals surface area contributed by atoms with Gasteiger partial charge in [0, 0.05) is 26.2 Å². The van der Waals surface area contributed by atoms with Gasteiger partial charge in [0.05, 0.1) is 0 Å². The fraction of sp³-hybridized carbons (Fsp3) is 0.300. The summed E-state index contributed by atoms with van der Waals surface area (Å²) in [5, 5.41) is 20.3. The van der Waals surface area contributed by atoms with Gasteiger partial charge in [-0.15, -0.1) is 0 Å². The zero-order valence-corrected chi connectivity index (χ0v) is 14.4. The molecule has 26 heavy (non-hydrogen) atoms. The van der Waals surface area contributed by atoms with Crippen molar-refractivity contribution in [1.82, 2.24) is 9.80 Å². The Kier molecular flexibility index (Phi) is 5.65. The third-order valence-electron chi connectivity index (χ3n) is 4.50. The summed E-state index contributed by atoms with van der Waals surface area (Å²) in [5.74, 6) is -1.26. The molecule has 2 N–H and O–H groups in total. The number of hydrogen-bond donors (Lipinski definition) is 2. The Hall–Kier alpha value is -2.70. The summed E-state index contributed by atoms with van der Waals surface area (Å²) >= 11 is 0. The molecule has 6 heteroatoms.